The normalized spacial score (nSPS) is 14.1. The average Bonchev–Trinajstić information content (AvgIpc) is 3.26. The molecule has 3 heterocycles. The van der Waals surface area contributed by atoms with Crippen LogP contribution in [0.3, 0.4) is 0 Å². The molecule has 0 N–H and O–H groups in total. The summed E-state index contributed by atoms with van der Waals surface area (Å²) in [6.07, 6.45) is 2.45. The number of aromatic nitrogens is 3. The monoisotopic (exact) mass is 473 g/mol. The van der Waals surface area contributed by atoms with Crippen LogP contribution in [0.4, 0.5) is 5.69 Å². The number of carbonyl (C=O) groups is 1. The van der Waals surface area contributed by atoms with E-state index in [0.29, 0.717) is 24.3 Å². The van der Waals surface area contributed by atoms with E-state index in [9.17, 15) is 4.79 Å². The number of piperazine rings is 1. The Balaban J connectivity index is 1.36. The molecular weight excluding hydrogens is 446 g/mol. The number of hydrogen-bond donors (Lipinski definition) is 0. The molecule has 0 saturated carbocycles. The van der Waals surface area contributed by atoms with E-state index in [4.69, 9.17) is 16.6 Å². The van der Waals surface area contributed by atoms with Crippen LogP contribution in [0.25, 0.3) is 5.65 Å². The van der Waals surface area contributed by atoms with Crippen LogP contribution < -0.4 is 4.90 Å². The van der Waals surface area contributed by atoms with Gasteiger partial charge in [0, 0.05) is 54.7 Å². The molecule has 34 heavy (non-hydrogen) atoms. The summed E-state index contributed by atoms with van der Waals surface area (Å²) < 4.78 is 1.81. The lowest BCUT2D eigenvalue weighted by molar-refractivity contribution is 0.0748. The van der Waals surface area contributed by atoms with Crippen molar-refractivity contribution in [2.75, 3.05) is 31.1 Å². The molecule has 2 aromatic heterocycles. The van der Waals surface area contributed by atoms with Crippen molar-refractivity contribution in [2.45, 2.75) is 27.2 Å². The van der Waals surface area contributed by atoms with Crippen LogP contribution in [0.2, 0.25) is 5.02 Å². The van der Waals surface area contributed by atoms with Gasteiger partial charge in [-0.05, 0) is 50.1 Å². The topological polar surface area (TPSA) is 53.7 Å². The van der Waals surface area contributed by atoms with Crippen LogP contribution in [0.1, 0.15) is 38.4 Å². The Kier molecular flexibility index (Phi) is 6.00. The van der Waals surface area contributed by atoms with Gasteiger partial charge in [-0.25, -0.2) is 9.50 Å². The van der Waals surface area contributed by atoms with Crippen LogP contribution >= 0.6 is 11.6 Å². The van der Waals surface area contributed by atoms with Gasteiger partial charge >= 0.3 is 0 Å². The summed E-state index contributed by atoms with van der Waals surface area (Å²) >= 11 is 6.15. The third kappa shape index (κ3) is 4.26. The van der Waals surface area contributed by atoms with Gasteiger partial charge in [0.15, 0.2) is 5.65 Å². The predicted octanol–water partition coefficient (Wildman–Crippen LogP) is 4.86. The number of halogens is 1. The molecule has 0 spiro atoms. The van der Waals surface area contributed by atoms with Crippen molar-refractivity contribution >= 4 is 28.8 Å². The van der Waals surface area contributed by atoms with E-state index < -0.39 is 0 Å². The van der Waals surface area contributed by atoms with Gasteiger partial charge in [0.2, 0.25) is 0 Å². The molecule has 1 amide bonds. The second-order valence-corrected chi connectivity index (χ2v) is 9.41. The Bertz CT molecular complexity index is 1350. The zero-order chi connectivity index (χ0) is 23.8. The summed E-state index contributed by atoms with van der Waals surface area (Å²) in [5, 5.41) is 5.27. The van der Waals surface area contributed by atoms with E-state index in [1.165, 1.54) is 11.1 Å². The van der Waals surface area contributed by atoms with E-state index in [1.54, 1.807) is 6.20 Å². The third-order valence-electron chi connectivity index (χ3n) is 6.68. The van der Waals surface area contributed by atoms with Crippen molar-refractivity contribution < 1.29 is 4.79 Å². The van der Waals surface area contributed by atoms with Gasteiger partial charge < -0.3 is 9.80 Å². The zero-order valence-corrected chi connectivity index (χ0v) is 20.5. The molecular formula is C27H28ClN5O. The molecule has 4 aromatic rings. The van der Waals surface area contributed by atoms with E-state index in [-0.39, 0.29) is 5.91 Å². The first-order chi connectivity index (χ1) is 16.4. The standard InChI is InChI=1S/C27H28ClN5O/c1-18-7-9-21(10-8-18)15-24-19(2)30-26-25(17-29-33(26)20(24)3)27(34)32-13-11-31(12-14-32)23-6-4-5-22(28)16-23/h4-10,16-17H,11-15H2,1-3H3. The largest absolute Gasteiger partial charge is 0.368 e. The van der Waals surface area contributed by atoms with Gasteiger partial charge in [-0.2, -0.15) is 5.10 Å². The molecule has 0 unspecified atom stereocenters. The summed E-state index contributed by atoms with van der Waals surface area (Å²) in [6.45, 7) is 8.97. The van der Waals surface area contributed by atoms with Gasteiger partial charge in [-0.3, -0.25) is 4.79 Å². The van der Waals surface area contributed by atoms with Crippen molar-refractivity contribution in [3.05, 3.63) is 93.4 Å². The maximum atomic E-state index is 13.4. The number of amides is 1. The maximum absolute atomic E-state index is 13.4. The minimum Gasteiger partial charge on any atom is -0.368 e. The zero-order valence-electron chi connectivity index (χ0n) is 19.8. The van der Waals surface area contributed by atoms with Crippen LogP contribution in [0, 0.1) is 20.8 Å². The minimum absolute atomic E-state index is 0.0154. The van der Waals surface area contributed by atoms with Gasteiger partial charge in [0.25, 0.3) is 5.91 Å². The number of benzene rings is 2. The molecule has 174 valence electrons. The Morgan fingerprint density at radius 2 is 1.74 bits per heavy atom. The summed E-state index contributed by atoms with van der Waals surface area (Å²) in [5.74, 6) is -0.0154. The van der Waals surface area contributed by atoms with E-state index >= 15 is 0 Å². The highest BCUT2D eigenvalue weighted by molar-refractivity contribution is 6.30. The number of nitrogens with zero attached hydrogens (tertiary/aromatic N) is 5. The molecule has 2 aromatic carbocycles. The highest BCUT2D eigenvalue weighted by Crippen LogP contribution is 2.24. The second kappa shape index (κ2) is 9.11. The highest BCUT2D eigenvalue weighted by atomic mass is 35.5. The fourth-order valence-corrected chi connectivity index (χ4v) is 4.82. The van der Waals surface area contributed by atoms with Crippen LogP contribution in [0.15, 0.2) is 54.7 Å². The predicted molar refractivity (Wildman–Crippen MR) is 136 cm³/mol. The number of rotatable bonds is 4. The Morgan fingerprint density at radius 3 is 2.44 bits per heavy atom. The van der Waals surface area contributed by atoms with Crippen LogP contribution in [0.5, 0.6) is 0 Å². The molecule has 7 heteroatoms. The summed E-state index contributed by atoms with van der Waals surface area (Å²) in [6, 6.07) is 16.4. The second-order valence-electron chi connectivity index (χ2n) is 8.98. The van der Waals surface area contributed by atoms with Gasteiger partial charge in [0.1, 0.15) is 5.56 Å². The number of hydrogen-bond acceptors (Lipinski definition) is 4. The van der Waals surface area contributed by atoms with Crippen LogP contribution in [-0.4, -0.2) is 51.6 Å². The van der Waals surface area contributed by atoms with Crippen molar-refractivity contribution in [3.8, 4) is 0 Å². The Labute approximate surface area is 204 Å². The van der Waals surface area contributed by atoms with E-state index in [1.807, 2.05) is 34.5 Å². The summed E-state index contributed by atoms with van der Waals surface area (Å²) in [5.41, 5.74) is 7.86. The van der Waals surface area contributed by atoms with Gasteiger partial charge in [0.05, 0.1) is 6.20 Å². The Morgan fingerprint density at radius 1 is 1.00 bits per heavy atom. The Hall–Kier alpha value is -3.38. The summed E-state index contributed by atoms with van der Waals surface area (Å²) in [7, 11) is 0. The van der Waals surface area contributed by atoms with Crippen molar-refractivity contribution in [3.63, 3.8) is 0 Å². The van der Waals surface area contributed by atoms with Crippen molar-refractivity contribution in [1.82, 2.24) is 19.5 Å². The summed E-state index contributed by atoms with van der Waals surface area (Å²) in [4.78, 5) is 22.4. The lowest BCUT2D eigenvalue weighted by Gasteiger charge is -2.36. The molecule has 1 aliphatic heterocycles. The molecule has 0 atom stereocenters. The maximum Gasteiger partial charge on any atom is 0.259 e. The average molecular weight is 474 g/mol. The molecule has 0 aliphatic carbocycles. The minimum atomic E-state index is -0.0154. The molecule has 1 saturated heterocycles. The van der Waals surface area contributed by atoms with Crippen molar-refractivity contribution in [2.24, 2.45) is 0 Å². The quantitative estimate of drug-likeness (QED) is 0.424. The third-order valence-corrected chi connectivity index (χ3v) is 6.92. The lowest BCUT2D eigenvalue weighted by Crippen LogP contribution is -2.48. The first-order valence-electron chi connectivity index (χ1n) is 11.6. The lowest BCUT2D eigenvalue weighted by atomic mass is 10.0. The molecule has 0 radical (unpaired) electrons. The highest BCUT2D eigenvalue weighted by Gasteiger charge is 2.26. The van der Waals surface area contributed by atoms with Crippen molar-refractivity contribution in [1.29, 1.82) is 0 Å². The molecule has 1 aliphatic rings. The first-order valence-corrected chi connectivity index (χ1v) is 12.0. The fourth-order valence-electron chi connectivity index (χ4n) is 4.64. The first kappa shape index (κ1) is 22.4. The number of anilines is 1. The van der Waals surface area contributed by atoms with Gasteiger partial charge in [-0.1, -0.05) is 47.5 Å². The number of aryl methyl sites for hydroxylation is 3. The van der Waals surface area contributed by atoms with Gasteiger partial charge in [-0.15, -0.1) is 0 Å². The molecule has 6 nitrogen and oxygen atoms in total. The molecule has 1 fully saturated rings. The molecule has 5 rings (SSSR count). The fraction of sp³-hybridized carbons (Fsp3) is 0.296. The number of carbonyl (C=O) groups excluding carboxylic acids is 1. The van der Waals surface area contributed by atoms with Crippen LogP contribution in [-0.2, 0) is 6.42 Å². The SMILES string of the molecule is Cc1ccc(Cc2c(C)nc3c(C(=O)N4CCN(c5cccc(Cl)c5)CC4)cnn3c2C)cc1. The smallest absolute Gasteiger partial charge is 0.259 e. The number of fused-ring (bicyclic) bond motifs is 1. The van der Waals surface area contributed by atoms with E-state index in [0.717, 1.165) is 47.2 Å². The molecule has 0 bridgehead atoms. The van der Waals surface area contributed by atoms with E-state index in [2.05, 4.69) is 54.2 Å².